The van der Waals surface area contributed by atoms with Gasteiger partial charge >= 0.3 is 0 Å². The van der Waals surface area contributed by atoms with Gasteiger partial charge in [-0.25, -0.2) is 5.43 Å². The van der Waals surface area contributed by atoms with Crippen molar-refractivity contribution < 1.29 is 14.3 Å². The smallest absolute Gasteiger partial charge is 0.277 e. The highest BCUT2D eigenvalue weighted by atomic mass is 16.5. The summed E-state index contributed by atoms with van der Waals surface area (Å²) < 4.78 is 10.4. The molecule has 2 aromatic rings. The van der Waals surface area contributed by atoms with Gasteiger partial charge in [0.05, 0.1) is 12.8 Å². The van der Waals surface area contributed by atoms with Gasteiger partial charge in [0.1, 0.15) is 11.5 Å². The molecule has 0 aromatic heterocycles. The number of hydrazone groups is 1. The molecule has 0 unspecified atom stereocenters. The summed E-state index contributed by atoms with van der Waals surface area (Å²) in [6.07, 6.45) is 0. The summed E-state index contributed by atoms with van der Waals surface area (Å²) in [5, 5.41) is 4.08. The first-order valence-corrected chi connectivity index (χ1v) is 7.25. The van der Waals surface area contributed by atoms with E-state index in [1.807, 2.05) is 38.1 Å². The SMILES string of the molecule is COc1ccc(OCC(=O)N/N=C(/C)c2ccc(C)cc2)cc1. The minimum absolute atomic E-state index is 0.100. The van der Waals surface area contributed by atoms with E-state index in [1.54, 1.807) is 31.4 Å². The number of benzene rings is 2. The van der Waals surface area contributed by atoms with Crippen molar-refractivity contribution in [1.82, 2.24) is 5.43 Å². The third-order valence-corrected chi connectivity index (χ3v) is 3.25. The van der Waals surface area contributed by atoms with Crippen LogP contribution in [0.4, 0.5) is 0 Å². The van der Waals surface area contributed by atoms with Gasteiger partial charge in [-0.2, -0.15) is 5.10 Å². The number of hydrogen-bond donors (Lipinski definition) is 1. The van der Waals surface area contributed by atoms with Crippen molar-refractivity contribution in [1.29, 1.82) is 0 Å². The highest BCUT2D eigenvalue weighted by Gasteiger charge is 2.03. The van der Waals surface area contributed by atoms with E-state index in [0.717, 1.165) is 17.0 Å². The van der Waals surface area contributed by atoms with Gasteiger partial charge < -0.3 is 9.47 Å². The van der Waals surface area contributed by atoms with Crippen LogP contribution in [0.15, 0.2) is 53.6 Å². The average Bonchev–Trinajstić information content (AvgIpc) is 2.59. The van der Waals surface area contributed by atoms with E-state index >= 15 is 0 Å². The van der Waals surface area contributed by atoms with E-state index in [0.29, 0.717) is 5.75 Å². The van der Waals surface area contributed by atoms with Crippen LogP contribution in [0.3, 0.4) is 0 Å². The lowest BCUT2D eigenvalue weighted by molar-refractivity contribution is -0.123. The number of hydrogen-bond acceptors (Lipinski definition) is 4. The molecule has 2 aromatic carbocycles. The molecule has 1 amide bonds. The van der Waals surface area contributed by atoms with E-state index in [-0.39, 0.29) is 12.5 Å². The van der Waals surface area contributed by atoms with Crippen LogP contribution in [0.1, 0.15) is 18.1 Å². The van der Waals surface area contributed by atoms with E-state index in [4.69, 9.17) is 9.47 Å². The molecule has 0 fully saturated rings. The number of nitrogens with zero attached hydrogens (tertiary/aromatic N) is 1. The topological polar surface area (TPSA) is 59.9 Å². The molecule has 0 bridgehead atoms. The van der Waals surface area contributed by atoms with E-state index in [9.17, 15) is 4.79 Å². The third-order valence-electron chi connectivity index (χ3n) is 3.25. The maximum Gasteiger partial charge on any atom is 0.277 e. The zero-order valence-electron chi connectivity index (χ0n) is 13.5. The molecule has 0 aliphatic heterocycles. The minimum atomic E-state index is -0.313. The molecule has 0 aliphatic carbocycles. The molecule has 0 saturated heterocycles. The largest absolute Gasteiger partial charge is 0.497 e. The van der Waals surface area contributed by atoms with Gasteiger partial charge in [0, 0.05) is 0 Å². The quantitative estimate of drug-likeness (QED) is 0.659. The Morgan fingerprint density at radius 3 is 2.26 bits per heavy atom. The summed E-state index contributed by atoms with van der Waals surface area (Å²) in [5.74, 6) is 1.02. The number of nitrogens with one attached hydrogen (secondary N) is 1. The minimum Gasteiger partial charge on any atom is -0.497 e. The zero-order chi connectivity index (χ0) is 16.7. The normalized spacial score (nSPS) is 11.0. The molecule has 0 spiro atoms. The molecule has 0 saturated carbocycles. The van der Waals surface area contributed by atoms with Crippen LogP contribution in [0.25, 0.3) is 0 Å². The van der Waals surface area contributed by atoms with Crippen molar-refractivity contribution in [3.8, 4) is 11.5 Å². The van der Waals surface area contributed by atoms with Crippen LogP contribution in [-0.4, -0.2) is 25.3 Å². The third kappa shape index (κ3) is 5.14. The number of ether oxygens (including phenoxy) is 2. The second-order valence-corrected chi connectivity index (χ2v) is 5.06. The van der Waals surface area contributed by atoms with Crippen molar-refractivity contribution in [2.45, 2.75) is 13.8 Å². The van der Waals surface area contributed by atoms with Crippen molar-refractivity contribution in [3.63, 3.8) is 0 Å². The number of rotatable bonds is 6. The maximum absolute atomic E-state index is 11.8. The predicted octanol–water partition coefficient (Wildman–Crippen LogP) is 2.92. The molecule has 5 heteroatoms. The van der Waals surface area contributed by atoms with Gasteiger partial charge in [-0.05, 0) is 43.7 Å². The highest BCUT2D eigenvalue weighted by molar-refractivity contribution is 5.99. The Bertz CT molecular complexity index is 676. The summed E-state index contributed by atoms with van der Waals surface area (Å²) in [5.41, 5.74) is 5.37. The Balaban J connectivity index is 1.84. The second kappa shape index (κ2) is 7.98. The standard InChI is InChI=1S/C18H20N2O3/c1-13-4-6-15(7-5-13)14(2)19-20-18(21)12-23-17-10-8-16(22-3)9-11-17/h4-11H,12H2,1-3H3,(H,20,21)/b19-14-. The average molecular weight is 312 g/mol. The Morgan fingerprint density at radius 2 is 1.65 bits per heavy atom. The predicted molar refractivity (Wildman–Crippen MR) is 90.0 cm³/mol. The molecular formula is C18H20N2O3. The Kier molecular flexibility index (Phi) is 5.74. The molecule has 0 radical (unpaired) electrons. The second-order valence-electron chi connectivity index (χ2n) is 5.06. The Labute approximate surface area is 135 Å². The van der Waals surface area contributed by atoms with E-state index in [1.165, 1.54) is 5.56 Å². The lowest BCUT2D eigenvalue weighted by Gasteiger charge is -2.07. The first-order valence-electron chi connectivity index (χ1n) is 7.25. The van der Waals surface area contributed by atoms with Crippen LogP contribution in [0, 0.1) is 6.92 Å². The Morgan fingerprint density at radius 1 is 1.04 bits per heavy atom. The lowest BCUT2D eigenvalue weighted by Crippen LogP contribution is -2.25. The zero-order valence-corrected chi connectivity index (χ0v) is 13.5. The van der Waals surface area contributed by atoms with Gasteiger partial charge in [-0.15, -0.1) is 0 Å². The fraction of sp³-hybridized carbons (Fsp3) is 0.222. The lowest BCUT2D eigenvalue weighted by atomic mass is 10.1. The number of amides is 1. The fourth-order valence-corrected chi connectivity index (χ4v) is 1.86. The monoisotopic (exact) mass is 312 g/mol. The molecule has 0 atom stereocenters. The molecule has 120 valence electrons. The van der Waals surface area contributed by atoms with Crippen molar-refractivity contribution in [2.24, 2.45) is 5.10 Å². The van der Waals surface area contributed by atoms with Crippen molar-refractivity contribution in [2.75, 3.05) is 13.7 Å². The van der Waals surface area contributed by atoms with Gasteiger partial charge in [0.2, 0.25) is 0 Å². The summed E-state index contributed by atoms with van der Waals surface area (Å²) in [6, 6.07) is 15.0. The summed E-state index contributed by atoms with van der Waals surface area (Å²) in [4.78, 5) is 11.8. The molecular weight excluding hydrogens is 292 g/mol. The van der Waals surface area contributed by atoms with E-state index in [2.05, 4.69) is 10.5 Å². The molecule has 2 rings (SSSR count). The van der Waals surface area contributed by atoms with Gasteiger partial charge in [0.15, 0.2) is 6.61 Å². The number of methoxy groups -OCH3 is 1. The molecule has 0 heterocycles. The Hall–Kier alpha value is -2.82. The number of aryl methyl sites for hydroxylation is 1. The van der Waals surface area contributed by atoms with Gasteiger partial charge in [0.25, 0.3) is 5.91 Å². The van der Waals surface area contributed by atoms with Crippen molar-refractivity contribution in [3.05, 3.63) is 59.7 Å². The summed E-state index contributed by atoms with van der Waals surface area (Å²) in [7, 11) is 1.59. The van der Waals surface area contributed by atoms with Crippen LogP contribution in [-0.2, 0) is 4.79 Å². The summed E-state index contributed by atoms with van der Waals surface area (Å²) in [6.45, 7) is 3.76. The maximum atomic E-state index is 11.8. The first-order chi connectivity index (χ1) is 11.1. The van der Waals surface area contributed by atoms with Crippen LogP contribution in [0.2, 0.25) is 0 Å². The van der Waals surface area contributed by atoms with Crippen LogP contribution in [0.5, 0.6) is 11.5 Å². The van der Waals surface area contributed by atoms with Crippen LogP contribution >= 0.6 is 0 Å². The molecule has 1 N–H and O–H groups in total. The number of carbonyl (C=O) groups excluding carboxylic acids is 1. The fourth-order valence-electron chi connectivity index (χ4n) is 1.86. The van der Waals surface area contributed by atoms with E-state index < -0.39 is 0 Å². The number of carbonyl (C=O) groups is 1. The summed E-state index contributed by atoms with van der Waals surface area (Å²) >= 11 is 0. The molecule has 0 aliphatic rings. The highest BCUT2D eigenvalue weighted by Crippen LogP contribution is 2.16. The van der Waals surface area contributed by atoms with Gasteiger partial charge in [-0.3, -0.25) is 4.79 Å². The molecule has 23 heavy (non-hydrogen) atoms. The molecule has 5 nitrogen and oxygen atoms in total. The van der Waals surface area contributed by atoms with Gasteiger partial charge in [-0.1, -0.05) is 29.8 Å². The first kappa shape index (κ1) is 16.5. The van der Waals surface area contributed by atoms with Crippen LogP contribution < -0.4 is 14.9 Å². The van der Waals surface area contributed by atoms with Crippen molar-refractivity contribution >= 4 is 11.6 Å².